The number of unbranched alkanes of at least 4 members (excludes halogenated alkanes) is 2. The number of likely N-dealkylation sites (tertiary alicyclic amines) is 1. The van der Waals surface area contributed by atoms with Crippen LogP contribution in [0.1, 0.15) is 94.3 Å². The van der Waals surface area contributed by atoms with Crippen LogP contribution in [-0.4, -0.2) is 49.4 Å². The second-order valence-corrected chi connectivity index (χ2v) is 10.2. The highest BCUT2D eigenvalue weighted by atomic mass is 16.5. The maximum atomic E-state index is 12.8. The number of hydrogen-bond acceptors (Lipinski definition) is 4. The molecule has 2 fully saturated rings. The molecule has 1 amide bonds. The van der Waals surface area contributed by atoms with Crippen molar-refractivity contribution in [2.24, 2.45) is 11.8 Å². The van der Waals surface area contributed by atoms with E-state index in [9.17, 15) is 9.59 Å². The molecule has 1 aliphatic carbocycles. The average molecular weight is 457 g/mol. The van der Waals surface area contributed by atoms with Crippen LogP contribution in [0.3, 0.4) is 0 Å². The summed E-state index contributed by atoms with van der Waals surface area (Å²) in [4.78, 5) is 27.7. The largest absolute Gasteiger partial charge is 0.497 e. The van der Waals surface area contributed by atoms with E-state index in [2.05, 4.69) is 17.1 Å². The number of methoxy groups -OCH3 is 1. The Balaban J connectivity index is 1.39. The van der Waals surface area contributed by atoms with Crippen molar-refractivity contribution in [3.05, 3.63) is 29.8 Å². The van der Waals surface area contributed by atoms with E-state index in [1.165, 1.54) is 58.0 Å². The van der Waals surface area contributed by atoms with Gasteiger partial charge in [0, 0.05) is 31.0 Å². The van der Waals surface area contributed by atoms with Crippen molar-refractivity contribution >= 4 is 11.7 Å². The Bertz CT molecular complexity index is 721. The lowest BCUT2D eigenvalue weighted by Crippen LogP contribution is -2.48. The maximum absolute atomic E-state index is 12.8. The summed E-state index contributed by atoms with van der Waals surface area (Å²) >= 11 is 0. The van der Waals surface area contributed by atoms with Crippen molar-refractivity contribution in [2.45, 2.75) is 90.0 Å². The van der Waals surface area contributed by atoms with Crippen molar-refractivity contribution in [1.29, 1.82) is 0 Å². The summed E-state index contributed by atoms with van der Waals surface area (Å²) in [6.45, 7) is 5.71. The first-order valence-electron chi connectivity index (χ1n) is 13.3. The Labute approximate surface area is 200 Å². The van der Waals surface area contributed by atoms with E-state index in [0.717, 1.165) is 43.0 Å². The fourth-order valence-corrected chi connectivity index (χ4v) is 5.52. The van der Waals surface area contributed by atoms with Gasteiger partial charge in [-0.1, -0.05) is 45.4 Å². The maximum Gasteiger partial charge on any atom is 0.220 e. The van der Waals surface area contributed by atoms with Gasteiger partial charge in [0.1, 0.15) is 5.75 Å². The van der Waals surface area contributed by atoms with E-state index in [0.29, 0.717) is 18.8 Å². The van der Waals surface area contributed by atoms with E-state index in [4.69, 9.17) is 4.74 Å². The third-order valence-corrected chi connectivity index (χ3v) is 7.75. The van der Waals surface area contributed by atoms with Crippen LogP contribution in [0.5, 0.6) is 5.75 Å². The van der Waals surface area contributed by atoms with Crippen LogP contribution in [-0.2, 0) is 4.79 Å². The molecule has 1 saturated heterocycles. The van der Waals surface area contributed by atoms with Crippen LogP contribution in [0.2, 0.25) is 0 Å². The molecule has 0 unspecified atom stereocenters. The minimum atomic E-state index is 0.161. The number of Topliss-reactive ketones (excluding diaryl/α,β-unsaturated/α-hetero) is 1. The molecule has 3 rings (SSSR count). The number of carbonyl (C=O) groups is 2. The predicted octanol–water partition coefficient (Wildman–Crippen LogP) is 5.63. The molecule has 33 heavy (non-hydrogen) atoms. The van der Waals surface area contributed by atoms with E-state index in [1.807, 2.05) is 24.3 Å². The second kappa shape index (κ2) is 13.7. The van der Waals surface area contributed by atoms with Crippen LogP contribution in [0.15, 0.2) is 24.3 Å². The van der Waals surface area contributed by atoms with Crippen molar-refractivity contribution in [2.75, 3.05) is 26.7 Å². The van der Waals surface area contributed by atoms with E-state index in [-0.39, 0.29) is 17.7 Å². The zero-order valence-electron chi connectivity index (χ0n) is 20.8. The molecule has 2 aliphatic rings. The van der Waals surface area contributed by atoms with Gasteiger partial charge in [-0.25, -0.2) is 0 Å². The van der Waals surface area contributed by atoms with Gasteiger partial charge in [0.15, 0.2) is 5.78 Å². The summed E-state index contributed by atoms with van der Waals surface area (Å²) < 4.78 is 5.15. The van der Waals surface area contributed by atoms with Crippen molar-refractivity contribution in [3.63, 3.8) is 0 Å². The van der Waals surface area contributed by atoms with Crippen LogP contribution < -0.4 is 10.1 Å². The molecule has 0 spiro atoms. The Morgan fingerprint density at radius 1 is 0.970 bits per heavy atom. The molecule has 1 saturated carbocycles. The van der Waals surface area contributed by atoms with Crippen LogP contribution in [0.25, 0.3) is 0 Å². The van der Waals surface area contributed by atoms with Gasteiger partial charge < -0.3 is 15.0 Å². The molecule has 1 heterocycles. The standard InChI is InChI=1S/C28H44N2O3/c1-22(23-11-5-3-6-12-23)26(21-30-19-9-10-20-30)29-28(32)14-8-4-7-13-27(31)24-15-17-25(33-2)18-16-24/h15-18,22-23,26H,3-14,19-21H2,1-2H3,(H,29,32)/t22-,26+/m0/s1. The third-order valence-electron chi connectivity index (χ3n) is 7.75. The Hall–Kier alpha value is -1.88. The van der Waals surface area contributed by atoms with E-state index < -0.39 is 0 Å². The smallest absolute Gasteiger partial charge is 0.220 e. The summed E-state index contributed by atoms with van der Waals surface area (Å²) in [5.41, 5.74) is 0.731. The summed E-state index contributed by atoms with van der Waals surface area (Å²) in [6.07, 6.45) is 12.9. The monoisotopic (exact) mass is 456 g/mol. The van der Waals surface area contributed by atoms with Gasteiger partial charge in [0.2, 0.25) is 5.91 Å². The Morgan fingerprint density at radius 3 is 2.30 bits per heavy atom. The first kappa shape index (κ1) is 25.7. The molecule has 5 heteroatoms. The lowest BCUT2D eigenvalue weighted by molar-refractivity contribution is -0.122. The molecule has 1 aromatic rings. The molecule has 2 atom stereocenters. The Morgan fingerprint density at radius 2 is 1.64 bits per heavy atom. The molecule has 0 radical (unpaired) electrons. The number of benzene rings is 1. The number of hydrogen-bond donors (Lipinski definition) is 1. The number of amides is 1. The van der Waals surface area contributed by atoms with E-state index >= 15 is 0 Å². The number of rotatable bonds is 13. The number of nitrogens with zero attached hydrogens (tertiary/aromatic N) is 1. The average Bonchev–Trinajstić information content (AvgIpc) is 3.36. The number of carbonyl (C=O) groups excluding carboxylic acids is 2. The minimum Gasteiger partial charge on any atom is -0.497 e. The normalized spacial score (nSPS) is 19.2. The number of ketones is 1. The SMILES string of the molecule is COc1ccc(C(=O)CCCCCC(=O)N[C@H](CN2CCCC2)[C@@H](C)C2CCCCC2)cc1. The summed E-state index contributed by atoms with van der Waals surface area (Å²) in [5, 5.41) is 3.42. The highest BCUT2D eigenvalue weighted by Gasteiger charge is 2.30. The summed E-state index contributed by atoms with van der Waals surface area (Å²) in [6, 6.07) is 7.55. The minimum absolute atomic E-state index is 0.161. The molecule has 0 aromatic heterocycles. The summed E-state index contributed by atoms with van der Waals surface area (Å²) in [7, 11) is 1.62. The van der Waals surface area contributed by atoms with Crippen molar-refractivity contribution in [3.8, 4) is 5.75 Å². The molecule has 0 bridgehead atoms. The van der Waals surface area contributed by atoms with Crippen molar-refractivity contribution < 1.29 is 14.3 Å². The quantitative estimate of drug-likeness (QED) is 0.309. The highest BCUT2D eigenvalue weighted by Crippen LogP contribution is 2.32. The number of nitrogens with one attached hydrogen (secondary N) is 1. The van der Waals surface area contributed by atoms with Crippen LogP contribution >= 0.6 is 0 Å². The summed E-state index contributed by atoms with van der Waals surface area (Å²) in [5.74, 6) is 2.39. The third kappa shape index (κ3) is 8.44. The van der Waals surface area contributed by atoms with Gasteiger partial charge in [-0.2, -0.15) is 0 Å². The molecule has 1 aliphatic heterocycles. The molecular formula is C28H44N2O3. The Kier molecular flexibility index (Phi) is 10.7. The number of ether oxygens (including phenoxy) is 1. The fraction of sp³-hybridized carbons (Fsp3) is 0.714. The zero-order valence-corrected chi connectivity index (χ0v) is 20.8. The lowest BCUT2D eigenvalue weighted by atomic mass is 9.77. The molecule has 1 N–H and O–H groups in total. The topological polar surface area (TPSA) is 58.6 Å². The lowest BCUT2D eigenvalue weighted by Gasteiger charge is -2.36. The fourth-order valence-electron chi connectivity index (χ4n) is 5.52. The first-order chi connectivity index (χ1) is 16.1. The molecule has 184 valence electrons. The van der Waals surface area contributed by atoms with Gasteiger partial charge in [0.25, 0.3) is 0 Å². The molecule has 5 nitrogen and oxygen atoms in total. The predicted molar refractivity (Wildman–Crippen MR) is 134 cm³/mol. The van der Waals surface area contributed by atoms with Gasteiger partial charge in [-0.05, 0) is 74.9 Å². The van der Waals surface area contributed by atoms with Gasteiger partial charge in [-0.3, -0.25) is 9.59 Å². The zero-order chi connectivity index (χ0) is 23.5. The molecule has 1 aromatic carbocycles. The highest BCUT2D eigenvalue weighted by molar-refractivity contribution is 5.96. The van der Waals surface area contributed by atoms with Crippen LogP contribution in [0.4, 0.5) is 0 Å². The van der Waals surface area contributed by atoms with Gasteiger partial charge in [0.05, 0.1) is 7.11 Å². The van der Waals surface area contributed by atoms with Gasteiger partial charge in [-0.15, -0.1) is 0 Å². The van der Waals surface area contributed by atoms with Crippen molar-refractivity contribution in [1.82, 2.24) is 10.2 Å². The second-order valence-electron chi connectivity index (χ2n) is 10.2. The molecular weight excluding hydrogens is 412 g/mol. The first-order valence-corrected chi connectivity index (χ1v) is 13.3. The van der Waals surface area contributed by atoms with E-state index in [1.54, 1.807) is 7.11 Å². The van der Waals surface area contributed by atoms with Gasteiger partial charge >= 0.3 is 0 Å². The van der Waals surface area contributed by atoms with Crippen LogP contribution in [0, 0.1) is 11.8 Å².